The minimum absolute atomic E-state index is 0.0235. The monoisotopic (exact) mass is 829 g/mol. The van der Waals surface area contributed by atoms with Crippen LogP contribution in [0.25, 0.3) is 16.9 Å². The van der Waals surface area contributed by atoms with Gasteiger partial charge in [0.1, 0.15) is 28.5 Å². The van der Waals surface area contributed by atoms with Gasteiger partial charge in [-0.3, -0.25) is 14.0 Å². The molecular formula is C45H60FN7O7. The molecule has 324 valence electrons. The van der Waals surface area contributed by atoms with Gasteiger partial charge in [0.05, 0.1) is 53.3 Å². The first-order valence-electron chi connectivity index (χ1n) is 20.8. The van der Waals surface area contributed by atoms with Gasteiger partial charge >= 0.3 is 12.1 Å². The van der Waals surface area contributed by atoms with Crippen LogP contribution in [0.2, 0.25) is 0 Å². The number of esters is 1. The van der Waals surface area contributed by atoms with E-state index in [1.807, 2.05) is 58.0 Å². The minimum atomic E-state index is -0.921. The van der Waals surface area contributed by atoms with Crippen LogP contribution in [-0.2, 0) is 32.1 Å². The van der Waals surface area contributed by atoms with Crippen LogP contribution in [0.3, 0.4) is 0 Å². The molecule has 6 rings (SSSR count). The number of rotatable bonds is 15. The number of imidazole rings is 1. The molecule has 0 spiro atoms. The van der Waals surface area contributed by atoms with E-state index in [4.69, 9.17) is 19.2 Å². The molecule has 0 unspecified atom stereocenters. The Balaban J connectivity index is 1.13. The normalized spacial score (nSPS) is 15.5. The first kappa shape index (κ1) is 44.4. The third-order valence-corrected chi connectivity index (χ3v) is 10.4. The maximum absolute atomic E-state index is 14.1. The van der Waals surface area contributed by atoms with Crippen molar-refractivity contribution >= 4 is 40.8 Å². The second-order valence-electron chi connectivity index (χ2n) is 18.1. The Bertz CT molecular complexity index is 2180. The fourth-order valence-electron chi connectivity index (χ4n) is 7.58. The molecule has 0 aliphatic carbocycles. The molecule has 14 nitrogen and oxygen atoms in total. The molecule has 5 heterocycles. The molecule has 0 bridgehead atoms. The van der Waals surface area contributed by atoms with Gasteiger partial charge in [0, 0.05) is 50.5 Å². The smallest absolute Gasteiger partial charge is 0.417 e. The highest BCUT2D eigenvalue weighted by Crippen LogP contribution is 2.39. The number of halogens is 1. The number of hydrogen-bond acceptors (Lipinski definition) is 12. The maximum atomic E-state index is 14.1. The number of aromatic nitrogens is 3. The van der Waals surface area contributed by atoms with Gasteiger partial charge in [-0.2, -0.15) is 0 Å². The zero-order chi connectivity index (χ0) is 43.4. The number of hydrogen-bond donors (Lipinski definition) is 2. The number of carbonyl (C=O) groups is 3. The van der Waals surface area contributed by atoms with Crippen molar-refractivity contribution in [3.05, 3.63) is 71.4 Å². The Labute approximate surface area is 352 Å². The average Bonchev–Trinajstić information content (AvgIpc) is 3.73. The molecule has 3 aromatic heterocycles. The van der Waals surface area contributed by atoms with Crippen LogP contribution < -0.4 is 10.2 Å². The lowest BCUT2D eigenvalue weighted by molar-refractivity contribution is -0.154. The van der Waals surface area contributed by atoms with E-state index in [0.29, 0.717) is 85.0 Å². The molecule has 1 saturated heterocycles. The predicted octanol–water partition coefficient (Wildman–Crippen LogP) is 7.87. The van der Waals surface area contributed by atoms with Crippen molar-refractivity contribution in [3.63, 3.8) is 0 Å². The molecule has 4 aromatic rings. The number of carbonyl (C=O) groups excluding carboxylic acids is 3. The van der Waals surface area contributed by atoms with Crippen molar-refractivity contribution < 1.29 is 38.1 Å². The summed E-state index contributed by atoms with van der Waals surface area (Å²) in [6, 6.07) is 10.2. The Hall–Kier alpha value is -5.12. The molecule has 2 aliphatic heterocycles. The van der Waals surface area contributed by atoms with Crippen LogP contribution >= 0.6 is 0 Å². The lowest BCUT2D eigenvalue weighted by Gasteiger charge is -2.39. The number of fused-ring (bicyclic) bond motifs is 2. The summed E-state index contributed by atoms with van der Waals surface area (Å²) in [5.74, 6) is -0.563. The van der Waals surface area contributed by atoms with E-state index in [1.165, 1.54) is 12.1 Å². The first-order chi connectivity index (χ1) is 28.3. The second-order valence-corrected chi connectivity index (χ2v) is 18.1. The highest BCUT2D eigenvalue weighted by Gasteiger charge is 2.39. The first-order valence-corrected chi connectivity index (χ1v) is 20.8. The van der Waals surface area contributed by atoms with Crippen LogP contribution in [-0.4, -0.2) is 104 Å². The summed E-state index contributed by atoms with van der Waals surface area (Å²) in [6.45, 7) is 13.5. The highest BCUT2D eigenvalue weighted by atomic mass is 19.1. The Kier molecular flexibility index (Phi) is 13.5. The number of benzene rings is 1. The number of nitrogens with one attached hydrogen (secondary N) is 1. The number of anilines is 3. The van der Waals surface area contributed by atoms with Gasteiger partial charge in [0.15, 0.2) is 0 Å². The number of pyridine rings is 2. The topological polar surface area (TPSA) is 151 Å². The second kappa shape index (κ2) is 18.2. The maximum Gasteiger partial charge on any atom is 0.417 e. The quantitative estimate of drug-likeness (QED) is 0.0887. The number of unbranched alkanes of at least 4 members (excludes halogenated alkanes) is 3. The number of amides is 2. The van der Waals surface area contributed by atoms with Gasteiger partial charge in [-0.1, -0.05) is 18.9 Å². The number of piperidine rings is 1. The van der Waals surface area contributed by atoms with Crippen molar-refractivity contribution in [3.8, 4) is 11.3 Å². The molecule has 15 heteroatoms. The number of ether oxygens (including phenoxy) is 3. The fraction of sp³-hybridized carbons (Fsp3) is 0.533. The molecule has 2 amide bonds. The van der Waals surface area contributed by atoms with E-state index in [1.54, 1.807) is 43.6 Å². The Morgan fingerprint density at radius 1 is 0.967 bits per heavy atom. The Morgan fingerprint density at radius 2 is 1.68 bits per heavy atom. The van der Waals surface area contributed by atoms with Crippen molar-refractivity contribution in [1.82, 2.24) is 24.2 Å². The molecule has 1 aromatic carbocycles. The minimum Gasteiger partial charge on any atom is -0.460 e. The van der Waals surface area contributed by atoms with Gasteiger partial charge in [0.25, 0.3) is 5.91 Å². The van der Waals surface area contributed by atoms with Crippen LogP contribution in [0.1, 0.15) is 108 Å². The largest absolute Gasteiger partial charge is 0.460 e. The summed E-state index contributed by atoms with van der Waals surface area (Å²) in [5.41, 5.74) is 2.71. The summed E-state index contributed by atoms with van der Waals surface area (Å²) in [6.07, 6.45) is 7.49. The van der Waals surface area contributed by atoms with Gasteiger partial charge < -0.3 is 34.4 Å². The number of imide groups is 1. The van der Waals surface area contributed by atoms with Crippen molar-refractivity contribution in [1.29, 1.82) is 0 Å². The van der Waals surface area contributed by atoms with E-state index in [2.05, 4.69) is 15.2 Å². The molecule has 60 heavy (non-hydrogen) atoms. The fourth-order valence-corrected chi connectivity index (χ4v) is 7.58. The van der Waals surface area contributed by atoms with Gasteiger partial charge in [-0.05, 0) is 111 Å². The third kappa shape index (κ3) is 11.2. The Morgan fingerprint density at radius 3 is 2.38 bits per heavy atom. The lowest BCUT2D eigenvalue weighted by Crippen LogP contribution is -2.47. The van der Waals surface area contributed by atoms with Gasteiger partial charge in [-0.15, -0.1) is 0 Å². The predicted molar refractivity (Wildman–Crippen MR) is 228 cm³/mol. The number of nitrogens with zero attached hydrogens (tertiary/aromatic N) is 6. The zero-order valence-corrected chi connectivity index (χ0v) is 36.3. The highest BCUT2D eigenvalue weighted by molar-refractivity contribution is 6.11. The molecule has 0 radical (unpaired) electrons. The zero-order valence-electron chi connectivity index (χ0n) is 36.3. The molecule has 0 atom stereocenters. The SMILES string of the molecule is CN(C)Cc1nc(Nc2ccc(-c3cnc4cc(F)ccn34)c3c2C(=O)N(C(=O)OC(C)(C)C)C3)ccc1N1CCC(O)(COCCCCCCC(=O)OC(C)(C)C)CC1. The lowest BCUT2D eigenvalue weighted by atomic mass is 9.92. The van der Waals surface area contributed by atoms with Crippen LogP contribution in [0.15, 0.2) is 48.8 Å². The summed E-state index contributed by atoms with van der Waals surface area (Å²) < 4.78 is 32.7. The summed E-state index contributed by atoms with van der Waals surface area (Å²) in [7, 11) is 3.95. The van der Waals surface area contributed by atoms with Crippen LogP contribution in [0.5, 0.6) is 0 Å². The summed E-state index contributed by atoms with van der Waals surface area (Å²) in [5, 5.41) is 14.8. The van der Waals surface area contributed by atoms with Gasteiger partial charge in [0.2, 0.25) is 0 Å². The standard InChI is InChI=1S/C45H60FN7O7/c1-43(2,3)59-39(54)13-11-9-10-12-24-58-29-45(57)19-22-51(23-20-45)35-16-17-37(49-34(35)28-50(7)8)48-33-15-14-31(36-26-47-38-25-30(46)18-21-52(36)38)32-27-53(41(55)40(32)33)42(56)60-44(4,5)6/h14-18,21,25-26,57H,9-13,19-20,22-24,27-29H2,1-8H3,(H,48,49). The van der Waals surface area contributed by atoms with Gasteiger partial charge in [-0.25, -0.2) is 24.1 Å². The van der Waals surface area contributed by atoms with E-state index < -0.39 is 34.6 Å². The summed E-state index contributed by atoms with van der Waals surface area (Å²) >= 11 is 0. The summed E-state index contributed by atoms with van der Waals surface area (Å²) in [4.78, 5) is 54.2. The number of aliphatic hydroxyl groups is 1. The van der Waals surface area contributed by atoms with E-state index in [9.17, 15) is 23.9 Å². The van der Waals surface area contributed by atoms with Crippen LogP contribution in [0, 0.1) is 5.82 Å². The average molecular weight is 830 g/mol. The molecule has 2 aliphatic rings. The van der Waals surface area contributed by atoms with E-state index in [-0.39, 0.29) is 19.1 Å². The third-order valence-electron chi connectivity index (χ3n) is 10.4. The van der Waals surface area contributed by atoms with E-state index >= 15 is 0 Å². The van der Waals surface area contributed by atoms with Crippen molar-refractivity contribution in [2.24, 2.45) is 0 Å². The van der Waals surface area contributed by atoms with Crippen LogP contribution in [0.4, 0.5) is 26.4 Å². The van der Waals surface area contributed by atoms with Crippen molar-refractivity contribution in [2.75, 3.05) is 50.6 Å². The van der Waals surface area contributed by atoms with E-state index in [0.717, 1.165) is 42.0 Å². The molecule has 1 fully saturated rings. The molecular weight excluding hydrogens is 770 g/mol. The molecule has 0 saturated carbocycles. The van der Waals surface area contributed by atoms with Crippen molar-refractivity contribution in [2.45, 2.75) is 116 Å². The molecule has 2 N–H and O–H groups in total.